The highest BCUT2D eigenvalue weighted by Crippen LogP contribution is 2.25. The average molecular weight is 460 g/mol. The van der Waals surface area contributed by atoms with Crippen LogP contribution in [-0.4, -0.2) is 27.6 Å². The molecule has 0 radical (unpaired) electrons. The number of alkyl halides is 1. The maximum Gasteiger partial charge on any atom is 0.132 e. The first-order valence-electron chi connectivity index (χ1n) is 11.8. The van der Waals surface area contributed by atoms with E-state index in [-0.39, 0.29) is 5.82 Å². The SMILES string of the molecule is C=C(c1ccc(CC)cc1F)N(C)/C=C(\C)C(C)(C)F.CC.CCCc1nc(C)ncc1C. The highest BCUT2D eigenvalue weighted by Gasteiger charge is 2.19. The summed E-state index contributed by atoms with van der Waals surface area (Å²) in [6.45, 7) is 20.7. The van der Waals surface area contributed by atoms with Crippen molar-refractivity contribution in [2.45, 2.75) is 87.2 Å². The highest BCUT2D eigenvalue weighted by atomic mass is 19.1. The molecule has 1 aromatic heterocycles. The Morgan fingerprint density at radius 1 is 1.18 bits per heavy atom. The maximum absolute atomic E-state index is 14.0. The van der Waals surface area contributed by atoms with Gasteiger partial charge in [0.05, 0.1) is 0 Å². The molecule has 0 aliphatic rings. The Hall–Kier alpha value is -2.56. The number of allylic oxidation sites excluding steroid dienone is 1. The van der Waals surface area contributed by atoms with Crippen LogP contribution in [0.2, 0.25) is 0 Å². The van der Waals surface area contributed by atoms with Crippen molar-refractivity contribution in [3.8, 4) is 0 Å². The summed E-state index contributed by atoms with van der Waals surface area (Å²) in [6, 6.07) is 5.12. The van der Waals surface area contributed by atoms with Gasteiger partial charge < -0.3 is 4.90 Å². The number of hydrogen-bond donors (Lipinski definition) is 0. The minimum Gasteiger partial charge on any atom is -0.351 e. The molecule has 2 aromatic rings. The molecule has 0 N–H and O–H groups in total. The third-order valence-corrected chi connectivity index (χ3v) is 5.19. The fourth-order valence-corrected chi connectivity index (χ4v) is 2.79. The number of rotatable bonds is 7. The van der Waals surface area contributed by atoms with Gasteiger partial charge >= 0.3 is 0 Å². The first-order valence-corrected chi connectivity index (χ1v) is 11.8. The van der Waals surface area contributed by atoms with E-state index in [0.29, 0.717) is 16.8 Å². The third kappa shape index (κ3) is 10.3. The lowest BCUT2D eigenvalue weighted by atomic mass is 10.0. The Bertz CT molecular complexity index is 912. The van der Waals surface area contributed by atoms with Crippen molar-refractivity contribution in [2.24, 2.45) is 0 Å². The lowest BCUT2D eigenvalue weighted by Crippen LogP contribution is -2.18. The lowest BCUT2D eigenvalue weighted by molar-refractivity contribution is 0.265. The summed E-state index contributed by atoms with van der Waals surface area (Å²) in [6.07, 6.45) is 6.55. The van der Waals surface area contributed by atoms with E-state index in [1.54, 1.807) is 31.1 Å². The van der Waals surface area contributed by atoms with E-state index in [2.05, 4.69) is 30.4 Å². The molecule has 3 nitrogen and oxygen atoms in total. The molecule has 1 aromatic carbocycles. The molecule has 0 saturated carbocycles. The van der Waals surface area contributed by atoms with Gasteiger partial charge in [0.2, 0.25) is 0 Å². The molecule has 0 saturated heterocycles. The van der Waals surface area contributed by atoms with Crippen LogP contribution in [0, 0.1) is 19.7 Å². The van der Waals surface area contributed by atoms with Gasteiger partial charge in [-0.15, -0.1) is 0 Å². The Labute approximate surface area is 200 Å². The largest absolute Gasteiger partial charge is 0.351 e. The maximum atomic E-state index is 14.0. The first kappa shape index (κ1) is 30.4. The molecule has 0 bridgehead atoms. The van der Waals surface area contributed by atoms with Crippen LogP contribution in [-0.2, 0) is 12.8 Å². The zero-order valence-corrected chi connectivity index (χ0v) is 22.3. The van der Waals surface area contributed by atoms with E-state index in [1.165, 1.54) is 31.2 Å². The van der Waals surface area contributed by atoms with Gasteiger partial charge in [0.25, 0.3) is 0 Å². The molecular weight excluding hydrogens is 416 g/mol. The second-order valence-electron chi connectivity index (χ2n) is 8.31. The van der Waals surface area contributed by atoms with Crippen LogP contribution in [0.25, 0.3) is 5.70 Å². The van der Waals surface area contributed by atoms with Crippen LogP contribution in [0.5, 0.6) is 0 Å². The van der Waals surface area contributed by atoms with E-state index >= 15 is 0 Å². The van der Waals surface area contributed by atoms with Crippen molar-refractivity contribution < 1.29 is 8.78 Å². The summed E-state index contributed by atoms with van der Waals surface area (Å²) in [5.74, 6) is 0.575. The van der Waals surface area contributed by atoms with Gasteiger partial charge in [-0.2, -0.15) is 0 Å². The van der Waals surface area contributed by atoms with Crippen LogP contribution in [0.1, 0.15) is 83.1 Å². The van der Waals surface area contributed by atoms with Gasteiger partial charge in [-0.25, -0.2) is 18.7 Å². The number of hydrogen-bond acceptors (Lipinski definition) is 3. The van der Waals surface area contributed by atoms with E-state index in [1.807, 2.05) is 40.0 Å². The topological polar surface area (TPSA) is 29.0 Å². The van der Waals surface area contributed by atoms with E-state index in [9.17, 15) is 8.78 Å². The predicted octanol–water partition coefficient (Wildman–Crippen LogP) is 8.01. The number of aryl methyl sites for hydroxylation is 4. The zero-order chi connectivity index (χ0) is 25.8. The molecule has 5 heteroatoms. The van der Waals surface area contributed by atoms with Crippen LogP contribution in [0.4, 0.5) is 8.78 Å². The van der Waals surface area contributed by atoms with Crippen molar-refractivity contribution in [3.63, 3.8) is 0 Å². The lowest BCUT2D eigenvalue weighted by Gasteiger charge is -2.22. The summed E-state index contributed by atoms with van der Waals surface area (Å²) < 4.78 is 27.8. The van der Waals surface area contributed by atoms with Crippen LogP contribution >= 0.6 is 0 Å². The minimum absolute atomic E-state index is 0.299. The van der Waals surface area contributed by atoms with Gasteiger partial charge in [-0.05, 0) is 76.3 Å². The Kier molecular flexibility index (Phi) is 13.4. The number of nitrogens with zero attached hydrogens (tertiary/aromatic N) is 3. The van der Waals surface area contributed by atoms with Gasteiger partial charge in [-0.3, -0.25) is 0 Å². The fourth-order valence-electron chi connectivity index (χ4n) is 2.79. The number of benzene rings is 1. The first-order chi connectivity index (χ1) is 15.4. The molecule has 2 rings (SSSR count). The highest BCUT2D eigenvalue weighted by molar-refractivity contribution is 5.63. The van der Waals surface area contributed by atoms with Crippen LogP contribution in [0.3, 0.4) is 0 Å². The van der Waals surface area contributed by atoms with E-state index in [4.69, 9.17) is 0 Å². The van der Waals surface area contributed by atoms with E-state index < -0.39 is 5.67 Å². The predicted molar refractivity (Wildman–Crippen MR) is 138 cm³/mol. The molecular formula is C28H43F2N3. The third-order valence-electron chi connectivity index (χ3n) is 5.19. The van der Waals surface area contributed by atoms with Crippen molar-refractivity contribution in [1.82, 2.24) is 14.9 Å². The molecule has 0 aliphatic carbocycles. The molecule has 0 aliphatic heterocycles. The summed E-state index contributed by atoms with van der Waals surface area (Å²) in [5.41, 5.74) is 3.45. The Morgan fingerprint density at radius 2 is 1.79 bits per heavy atom. The summed E-state index contributed by atoms with van der Waals surface area (Å²) >= 11 is 0. The Morgan fingerprint density at radius 3 is 2.27 bits per heavy atom. The smallest absolute Gasteiger partial charge is 0.132 e. The van der Waals surface area contributed by atoms with Gasteiger partial charge in [0.15, 0.2) is 0 Å². The zero-order valence-electron chi connectivity index (χ0n) is 22.3. The summed E-state index contributed by atoms with van der Waals surface area (Å²) in [7, 11) is 1.74. The molecule has 1 heterocycles. The van der Waals surface area contributed by atoms with Gasteiger partial charge in [-0.1, -0.05) is 46.8 Å². The second kappa shape index (κ2) is 14.6. The van der Waals surface area contributed by atoms with Crippen molar-refractivity contribution in [2.75, 3.05) is 7.05 Å². The summed E-state index contributed by atoms with van der Waals surface area (Å²) in [4.78, 5) is 10.1. The number of aromatic nitrogens is 2. The normalized spacial score (nSPS) is 11.1. The van der Waals surface area contributed by atoms with Crippen LogP contribution < -0.4 is 0 Å². The van der Waals surface area contributed by atoms with Crippen molar-refractivity contribution in [3.05, 3.63) is 76.8 Å². The standard InChI is InChI=1S/C17H23F2N.C9H14N2.C2H6/c1-7-14-8-9-15(16(18)10-14)13(3)20(6)11-12(2)17(4,5)19;1-4-5-9-7(2)6-10-8(3)11-9;1-2/h8-11H,3,7H2,1-2,4-6H3;6H,4-5H2,1-3H3;1-2H3/b12-11+;;. The second-order valence-corrected chi connectivity index (χ2v) is 8.31. The molecule has 0 spiro atoms. The average Bonchev–Trinajstić information content (AvgIpc) is 2.77. The van der Waals surface area contributed by atoms with Gasteiger partial charge in [0, 0.05) is 36.4 Å². The van der Waals surface area contributed by atoms with Gasteiger partial charge in [0.1, 0.15) is 17.3 Å². The Balaban J connectivity index is 0.000000663. The molecule has 0 atom stereocenters. The van der Waals surface area contributed by atoms with E-state index in [0.717, 1.165) is 30.7 Å². The fraction of sp³-hybridized carbons (Fsp3) is 0.500. The molecule has 0 unspecified atom stereocenters. The molecule has 0 fully saturated rings. The quantitative estimate of drug-likeness (QED) is 0.420. The van der Waals surface area contributed by atoms with Crippen molar-refractivity contribution in [1.29, 1.82) is 0 Å². The van der Waals surface area contributed by atoms with Crippen molar-refractivity contribution >= 4 is 5.70 Å². The number of halogens is 2. The summed E-state index contributed by atoms with van der Waals surface area (Å²) in [5, 5.41) is 0. The molecule has 0 amide bonds. The molecule has 184 valence electrons. The van der Waals surface area contributed by atoms with Crippen LogP contribution in [0.15, 0.2) is 42.7 Å². The monoisotopic (exact) mass is 459 g/mol. The molecule has 33 heavy (non-hydrogen) atoms. The minimum atomic E-state index is -1.40.